The van der Waals surface area contributed by atoms with Gasteiger partial charge < -0.3 is 11.5 Å². The zero-order valence-corrected chi connectivity index (χ0v) is 11.4. The van der Waals surface area contributed by atoms with Gasteiger partial charge in [0.15, 0.2) is 0 Å². The summed E-state index contributed by atoms with van der Waals surface area (Å²) in [5, 5.41) is 0. The van der Waals surface area contributed by atoms with Gasteiger partial charge in [0.1, 0.15) is 0 Å². The molecule has 0 saturated heterocycles. The second kappa shape index (κ2) is 20.0. The standard InChI is InChI=1S/C11H26N2.2ClH/c12-10-8-6-4-2-1-3-5-7-9-11-13;;/h1-13H2;2*1H. The lowest BCUT2D eigenvalue weighted by Gasteiger charge is -2.00. The zero-order valence-electron chi connectivity index (χ0n) is 9.75. The van der Waals surface area contributed by atoms with E-state index >= 15 is 0 Å². The molecule has 0 saturated carbocycles. The fourth-order valence-electron chi connectivity index (χ4n) is 1.53. The fourth-order valence-corrected chi connectivity index (χ4v) is 1.53. The Kier molecular flexibility index (Phi) is 27.8. The number of rotatable bonds is 10. The third-order valence-corrected chi connectivity index (χ3v) is 2.41. The first-order valence-corrected chi connectivity index (χ1v) is 5.82. The van der Waals surface area contributed by atoms with E-state index in [1.807, 2.05) is 0 Å². The lowest BCUT2D eigenvalue weighted by molar-refractivity contribution is 0.562. The SMILES string of the molecule is Cl.Cl.NCCCCCCCCCCCN. The van der Waals surface area contributed by atoms with Gasteiger partial charge in [-0.2, -0.15) is 0 Å². The smallest absolute Gasteiger partial charge is 0.00773 e. The molecule has 0 fully saturated rings. The first-order valence-electron chi connectivity index (χ1n) is 5.82. The van der Waals surface area contributed by atoms with Crippen molar-refractivity contribution in [3.8, 4) is 0 Å². The van der Waals surface area contributed by atoms with E-state index < -0.39 is 0 Å². The van der Waals surface area contributed by atoms with Gasteiger partial charge >= 0.3 is 0 Å². The number of halogens is 2. The Balaban J connectivity index is -0.000000720. The van der Waals surface area contributed by atoms with Crippen LogP contribution in [0.2, 0.25) is 0 Å². The molecule has 0 atom stereocenters. The van der Waals surface area contributed by atoms with E-state index in [-0.39, 0.29) is 24.8 Å². The lowest BCUT2D eigenvalue weighted by Crippen LogP contribution is -1.98. The van der Waals surface area contributed by atoms with Crippen molar-refractivity contribution < 1.29 is 0 Å². The highest BCUT2D eigenvalue weighted by atomic mass is 35.5. The van der Waals surface area contributed by atoms with Gasteiger partial charge in [0.2, 0.25) is 0 Å². The number of hydrogen-bond acceptors (Lipinski definition) is 2. The molecule has 15 heavy (non-hydrogen) atoms. The minimum Gasteiger partial charge on any atom is -0.330 e. The average Bonchev–Trinajstić information content (AvgIpc) is 2.16. The van der Waals surface area contributed by atoms with Crippen LogP contribution < -0.4 is 11.5 Å². The van der Waals surface area contributed by atoms with E-state index in [9.17, 15) is 0 Å². The minimum absolute atomic E-state index is 0. The largest absolute Gasteiger partial charge is 0.330 e. The van der Waals surface area contributed by atoms with Gasteiger partial charge in [0.05, 0.1) is 0 Å². The van der Waals surface area contributed by atoms with Crippen molar-refractivity contribution in [3.63, 3.8) is 0 Å². The van der Waals surface area contributed by atoms with Crippen LogP contribution in [0.5, 0.6) is 0 Å². The zero-order chi connectivity index (χ0) is 9.78. The van der Waals surface area contributed by atoms with Gasteiger partial charge in [-0.05, 0) is 25.9 Å². The molecule has 0 rings (SSSR count). The average molecular weight is 259 g/mol. The summed E-state index contributed by atoms with van der Waals surface area (Å²) in [4.78, 5) is 0. The van der Waals surface area contributed by atoms with E-state index in [0.717, 1.165) is 13.1 Å². The third kappa shape index (κ3) is 20.5. The van der Waals surface area contributed by atoms with Crippen molar-refractivity contribution in [1.82, 2.24) is 0 Å². The monoisotopic (exact) mass is 258 g/mol. The molecule has 0 aromatic rings. The highest BCUT2D eigenvalue weighted by Crippen LogP contribution is 2.08. The van der Waals surface area contributed by atoms with Gasteiger partial charge in [0, 0.05) is 0 Å². The number of hydrogen-bond donors (Lipinski definition) is 2. The van der Waals surface area contributed by atoms with Crippen LogP contribution in [0, 0.1) is 0 Å². The summed E-state index contributed by atoms with van der Waals surface area (Å²) in [6.07, 6.45) is 12.0. The number of nitrogens with two attached hydrogens (primary N) is 2. The molecule has 2 nitrogen and oxygen atoms in total. The molecule has 0 aromatic heterocycles. The molecule has 0 amide bonds. The Labute approximate surface area is 107 Å². The first-order chi connectivity index (χ1) is 6.41. The van der Waals surface area contributed by atoms with Gasteiger partial charge in [-0.25, -0.2) is 0 Å². The molecule has 0 bridgehead atoms. The van der Waals surface area contributed by atoms with Crippen molar-refractivity contribution in [1.29, 1.82) is 0 Å². The van der Waals surface area contributed by atoms with Crippen LogP contribution >= 0.6 is 24.8 Å². The van der Waals surface area contributed by atoms with E-state index in [1.54, 1.807) is 0 Å². The van der Waals surface area contributed by atoms with Gasteiger partial charge in [-0.3, -0.25) is 0 Å². The van der Waals surface area contributed by atoms with Crippen molar-refractivity contribution in [2.75, 3.05) is 13.1 Å². The first kappa shape index (κ1) is 20.9. The second-order valence-electron chi connectivity index (χ2n) is 3.76. The lowest BCUT2D eigenvalue weighted by atomic mass is 10.1. The molecule has 4 heteroatoms. The fraction of sp³-hybridized carbons (Fsp3) is 1.00. The van der Waals surface area contributed by atoms with Crippen LogP contribution in [0.1, 0.15) is 57.8 Å². The molecule has 0 aliphatic carbocycles. The van der Waals surface area contributed by atoms with E-state index in [4.69, 9.17) is 11.5 Å². The summed E-state index contributed by atoms with van der Waals surface area (Å²) in [5.41, 5.74) is 10.8. The van der Waals surface area contributed by atoms with Crippen LogP contribution in [0.15, 0.2) is 0 Å². The third-order valence-electron chi connectivity index (χ3n) is 2.41. The highest BCUT2D eigenvalue weighted by molar-refractivity contribution is 5.85. The highest BCUT2D eigenvalue weighted by Gasteiger charge is 1.91. The molecule has 4 N–H and O–H groups in total. The van der Waals surface area contributed by atoms with E-state index in [0.29, 0.717) is 0 Å². The predicted octanol–water partition coefficient (Wildman–Crippen LogP) is 3.26. The van der Waals surface area contributed by atoms with Crippen LogP contribution in [0.3, 0.4) is 0 Å². The maximum absolute atomic E-state index is 5.41. The Hall–Kier alpha value is 0.500. The number of unbranched alkanes of at least 4 members (excludes halogenated alkanes) is 8. The van der Waals surface area contributed by atoms with Crippen molar-refractivity contribution in [2.24, 2.45) is 11.5 Å². The van der Waals surface area contributed by atoms with Crippen molar-refractivity contribution in [3.05, 3.63) is 0 Å². The van der Waals surface area contributed by atoms with Crippen LogP contribution in [-0.4, -0.2) is 13.1 Å². The Morgan fingerprint density at radius 1 is 0.400 bits per heavy atom. The molecule has 0 heterocycles. The molecule has 0 aliphatic heterocycles. The molecular weight excluding hydrogens is 231 g/mol. The summed E-state index contributed by atoms with van der Waals surface area (Å²) >= 11 is 0. The molecule has 0 spiro atoms. The normalized spacial score (nSPS) is 9.20. The molecule has 0 aliphatic rings. The van der Waals surface area contributed by atoms with E-state index in [1.165, 1.54) is 57.8 Å². The summed E-state index contributed by atoms with van der Waals surface area (Å²) in [6, 6.07) is 0. The maximum atomic E-state index is 5.41. The summed E-state index contributed by atoms with van der Waals surface area (Å²) in [5.74, 6) is 0. The van der Waals surface area contributed by atoms with Crippen molar-refractivity contribution >= 4 is 24.8 Å². The topological polar surface area (TPSA) is 52.0 Å². The second-order valence-corrected chi connectivity index (χ2v) is 3.76. The summed E-state index contributed by atoms with van der Waals surface area (Å²) in [6.45, 7) is 1.72. The minimum atomic E-state index is 0. The molecule has 0 aromatic carbocycles. The molecule has 0 unspecified atom stereocenters. The van der Waals surface area contributed by atoms with Crippen molar-refractivity contribution in [2.45, 2.75) is 57.8 Å². The van der Waals surface area contributed by atoms with Crippen LogP contribution in [0.25, 0.3) is 0 Å². The van der Waals surface area contributed by atoms with Gasteiger partial charge in [-0.15, -0.1) is 24.8 Å². The quantitative estimate of drug-likeness (QED) is 0.592. The molecule has 96 valence electrons. The van der Waals surface area contributed by atoms with Gasteiger partial charge in [-0.1, -0.05) is 44.9 Å². The Morgan fingerprint density at radius 3 is 0.800 bits per heavy atom. The summed E-state index contributed by atoms with van der Waals surface area (Å²) in [7, 11) is 0. The van der Waals surface area contributed by atoms with Crippen LogP contribution in [-0.2, 0) is 0 Å². The van der Waals surface area contributed by atoms with Crippen LogP contribution in [0.4, 0.5) is 0 Å². The molecular formula is C11H28Cl2N2. The van der Waals surface area contributed by atoms with E-state index in [2.05, 4.69) is 0 Å². The molecule has 0 radical (unpaired) electrons. The summed E-state index contributed by atoms with van der Waals surface area (Å²) < 4.78 is 0. The maximum Gasteiger partial charge on any atom is -0.00773 e. The predicted molar refractivity (Wildman–Crippen MR) is 74.2 cm³/mol. The Bertz CT molecular complexity index is 82.7. The van der Waals surface area contributed by atoms with Gasteiger partial charge in [0.25, 0.3) is 0 Å². The Morgan fingerprint density at radius 2 is 0.600 bits per heavy atom.